The second kappa shape index (κ2) is 9.95. The molecule has 3 N–H and O–H groups in total. The van der Waals surface area contributed by atoms with Crippen LogP contribution in [0.1, 0.15) is 15.9 Å². The molecule has 0 atom stereocenters. The van der Waals surface area contributed by atoms with Gasteiger partial charge in [-0.2, -0.15) is 0 Å². The van der Waals surface area contributed by atoms with Crippen molar-refractivity contribution < 1.29 is 4.79 Å². The third-order valence-electron chi connectivity index (χ3n) is 5.74. The zero-order chi connectivity index (χ0) is 24.9. The number of carbonyl (C=O) groups is 1. The highest BCUT2D eigenvalue weighted by Gasteiger charge is 2.09. The van der Waals surface area contributed by atoms with Gasteiger partial charge in [-0.3, -0.25) is 14.8 Å². The third kappa shape index (κ3) is 4.98. The van der Waals surface area contributed by atoms with E-state index in [0.717, 1.165) is 39.2 Å². The molecule has 2 aromatic heterocycles. The Bertz CT molecular complexity index is 1590. The standard InChI is InChI=1S/C29H22N6O/c1-19-3-6-24(18-28(19)34-22-11-14-31-15-12-22)35-29(36)20-4-7-21(8-5-20)33-27-13-16-32-26-10-9-23(30-2)17-25(26)27/h3-18H,1H3,(H,31,34)(H,32,33)(H,35,36). The fourth-order valence-corrected chi connectivity index (χ4v) is 3.80. The van der Waals surface area contributed by atoms with E-state index in [9.17, 15) is 4.79 Å². The van der Waals surface area contributed by atoms with Crippen LogP contribution in [0.5, 0.6) is 0 Å². The lowest BCUT2D eigenvalue weighted by Crippen LogP contribution is -2.12. The molecule has 5 rings (SSSR count). The molecule has 0 saturated heterocycles. The Kier molecular flexibility index (Phi) is 6.24. The number of hydrogen-bond acceptors (Lipinski definition) is 5. The van der Waals surface area contributed by atoms with Gasteiger partial charge in [-0.1, -0.05) is 12.1 Å². The average Bonchev–Trinajstić information content (AvgIpc) is 2.91. The Balaban J connectivity index is 1.30. The number of carbonyl (C=O) groups excluding carboxylic acids is 1. The summed E-state index contributed by atoms with van der Waals surface area (Å²) in [4.78, 5) is 24.8. The molecule has 5 aromatic rings. The minimum Gasteiger partial charge on any atom is -0.355 e. The molecule has 0 unspecified atom stereocenters. The van der Waals surface area contributed by atoms with Crippen molar-refractivity contribution in [3.63, 3.8) is 0 Å². The first-order valence-electron chi connectivity index (χ1n) is 11.3. The summed E-state index contributed by atoms with van der Waals surface area (Å²) >= 11 is 0. The van der Waals surface area contributed by atoms with Gasteiger partial charge in [0.2, 0.25) is 0 Å². The van der Waals surface area contributed by atoms with Crippen molar-refractivity contribution in [3.05, 3.63) is 120 Å². The van der Waals surface area contributed by atoms with Gasteiger partial charge in [-0.25, -0.2) is 4.85 Å². The predicted molar refractivity (Wildman–Crippen MR) is 144 cm³/mol. The molecule has 0 fully saturated rings. The number of aryl methyl sites for hydroxylation is 1. The van der Waals surface area contributed by atoms with Crippen molar-refractivity contribution in [3.8, 4) is 0 Å². The van der Waals surface area contributed by atoms with Crippen molar-refractivity contribution in [1.82, 2.24) is 9.97 Å². The highest BCUT2D eigenvalue weighted by molar-refractivity contribution is 6.05. The molecular formula is C29H22N6O. The van der Waals surface area contributed by atoms with E-state index in [-0.39, 0.29) is 5.91 Å². The van der Waals surface area contributed by atoms with Gasteiger partial charge in [-0.05, 0) is 79.2 Å². The monoisotopic (exact) mass is 470 g/mol. The predicted octanol–water partition coefficient (Wildman–Crippen LogP) is 7.23. The topological polar surface area (TPSA) is 83.3 Å². The molecule has 0 aliphatic heterocycles. The van der Waals surface area contributed by atoms with E-state index in [0.29, 0.717) is 16.9 Å². The molecule has 0 saturated carbocycles. The molecule has 0 aliphatic rings. The minimum atomic E-state index is -0.198. The van der Waals surface area contributed by atoms with E-state index in [1.807, 2.05) is 67.6 Å². The molecule has 36 heavy (non-hydrogen) atoms. The number of anilines is 5. The quantitative estimate of drug-likeness (QED) is 0.228. The van der Waals surface area contributed by atoms with Crippen LogP contribution in [0.4, 0.5) is 34.1 Å². The Morgan fingerprint density at radius 3 is 2.28 bits per heavy atom. The first-order chi connectivity index (χ1) is 17.6. The fraction of sp³-hybridized carbons (Fsp3) is 0.0345. The maximum atomic E-state index is 12.9. The van der Waals surface area contributed by atoms with Gasteiger partial charge in [0.1, 0.15) is 0 Å². The summed E-state index contributed by atoms with van der Waals surface area (Å²) in [6.07, 6.45) is 5.18. The molecule has 0 radical (unpaired) electrons. The average molecular weight is 471 g/mol. The number of amides is 1. The van der Waals surface area contributed by atoms with E-state index in [1.54, 1.807) is 36.8 Å². The summed E-state index contributed by atoms with van der Waals surface area (Å²) in [5.41, 5.74) is 7.16. The van der Waals surface area contributed by atoms with Gasteiger partial charge in [0.25, 0.3) is 5.91 Å². The van der Waals surface area contributed by atoms with Gasteiger partial charge in [0.15, 0.2) is 5.69 Å². The van der Waals surface area contributed by atoms with Crippen LogP contribution in [-0.4, -0.2) is 15.9 Å². The summed E-state index contributed by atoms with van der Waals surface area (Å²) < 4.78 is 0. The maximum Gasteiger partial charge on any atom is 0.255 e. The molecule has 7 heteroatoms. The molecule has 7 nitrogen and oxygen atoms in total. The van der Waals surface area contributed by atoms with Gasteiger partial charge < -0.3 is 16.0 Å². The Hall–Kier alpha value is -5.22. The number of nitrogens with one attached hydrogen (secondary N) is 3. The molecule has 0 spiro atoms. The van der Waals surface area contributed by atoms with Crippen LogP contribution in [0.3, 0.4) is 0 Å². The lowest BCUT2D eigenvalue weighted by molar-refractivity contribution is 0.102. The Morgan fingerprint density at radius 1 is 0.778 bits per heavy atom. The molecule has 0 bridgehead atoms. The third-order valence-corrected chi connectivity index (χ3v) is 5.74. The molecule has 0 aliphatic carbocycles. The fourth-order valence-electron chi connectivity index (χ4n) is 3.80. The van der Waals surface area contributed by atoms with Crippen LogP contribution in [0.15, 0.2) is 97.5 Å². The van der Waals surface area contributed by atoms with Crippen molar-refractivity contribution >= 4 is 50.9 Å². The number of rotatable bonds is 6. The molecular weight excluding hydrogens is 448 g/mol. The molecule has 2 heterocycles. The van der Waals surface area contributed by atoms with E-state index in [4.69, 9.17) is 6.57 Å². The summed E-state index contributed by atoms with van der Waals surface area (Å²) in [5.74, 6) is -0.198. The molecule has 3 aromatic carbocycles. The van der Waals surface area contributed by atoms with Crippen LogP contribution < -0.4 is 16.0 Å². The first kappa shape index (κ1) is 22.6. The largest absolute Gasteiger partial charge is 0.355 e. The number of hydrogen-bond donors (Lipinski definition) is 3. The van der Waals surface area contributed by atoms with Crippen LogP contribution >= 0.6 is 0 Å². The van der Waals surface area contributed by atoms with E-state index >= 15 is 0 Å². The second-order valence-corrected chi connectivity index (χ2v) is 8.22. The van der Waals surface area contributed by atoms with Crippen LogP contribution in [0, 0.1) is 13.5 Å². The van der Waals surface area contributed by atoms with Crippen molar-refractivity contribution in [2.45, 2.75) is 6.92 Å². The lowest BCUT2D eigenvalue weighted by Gasteiger charge is -2.13. The van der Waals surface area contributed by atoms with E-state index in [1.165, 1.54) is 0 Å². The van der Waals surface area contributed by atoms with E-state index < -0.39 is 0 Å². The zero-order valence-corrected chi connectivity index (χ0v) is 19.5. The van der Waals surface area contributed by atoms with Crippen molar-refractivity contribution in [1.29, 1.82) is 0 Å². The normalized spacial score (nSPS) is 10.4. The maximum absolute atomic E-state index is 12.9. The van der Waals surface area contributed by atoms with Gasteiger partial charge >= 0.3 is 0 Å². The van der Waals surface area contributed by atoms with Crippen molar-refractivity contribution in [2.24, 2.45) is 0 Å². The smallest absolute Gasteiger partial charge is 0.255 e. The number of nitrogens with zero attached hydrogens (tertiary/aromatic N) is 3. The first-order valence-corrected chi connectivity index (χ1v) is 11.3. The van der Waals surface area contributed by atoms with Gasteiger partial charge in [-0.15, -0.1) is 0 Å². The zero-order valence-electron chi connectivity index (χ0n) is 19.5. The van der Waals surface area contributed by atoms with Crippen LogP contribution in [0.25, 0.3) is 15.7 Å². The van der Waals surface area contributed by atoms with Gasteiger partial charge in [0, 0.05) is 58.0 Å². The summed E-state index contributed by atoms with van der Waals surface area (Å²) in [7, 11) is 0. The van der Waals surface area contributed by atoms with Crippen LogP contribution in [-0.2, 0) is 0 Å². The van der Waals surface area contributed by atoms with Crippen LogP contribution in [0.2, 0.25) is 0 Å². The van der Waals surface area contributed by atoms with E-state index in [2.05, 4.69) is 30.8 Å². The Labute approximate surface area is 208 Å². The molecule has 174 valence electrons. The summed E-state index contributed by atoms with van der Waals surface area (Å²) in [6, 6.07) is 24.1. The SMILES string of the molecule is [C-]#[N+]c1ccc2nccc(Nc3ccc(C(=O)Nc4ccc(C)c(Nc5ccncc5)c4)cc3)c2c1. The van der Waals surface area contributed by atoms with Crippen molar-refractivity contribution in [2.75, 3.05) is 16.0 Å². The number of fused-ring (bicyclic) bond motifs is 1. The lowest BCUT2D eigenvalue weighted by atomic mass is 10.1. The Morgan fingerprint density at radius 2 is 1.50 bits per heavy atom. The highest BCUT2D eigenvalue weighted by atomic mass is 16.1. The minimum absolute atomic E-state index is 0.198. The molecule has 1 amide bonds. The number of benzene rings is 3. The number of pyridine rings is 2. The highest BCUT2D eigenvalue weighted by Crippen LogP contribution is 2.29. The second-order valence-electron chi connectivity index (χ2n) is 8.22. The summed E-state index contributed by atoms with van der Waals surface area (Å²) in [5, 5.41) is 10.6. The number of aromatic nitrogens is 2. The van der Waals surface area contributed by atoms with Gasteiger partial charge in [0.05, 0.1) is 12.1 Å². The summed E-state index contributed by atoms with van der Waals surface area (Å²) in [6.45, 7) is 9.28.